The molecule has 3 unspecified atom stereocenters. The molecule has 2 fully saturated rings. The second kappa shape index (κ2) is 12.0. The summed E-state index contributed by atoms with van der Waals surface area (Å²) < 4.78 is 5.96. The van der Waals surface area contributed by atoms with Crippen LogP contribution < -0.4 is 26.6 Å². The van der Waals surface area contributed by atoms with Gasteiger partial charge in [-0.1, -0.05) is 36.4 Å². The molecule has 0 bridgehead atoms. The molecule has 2 aromatic carbocycles. The molecule has 1 saturated heterocycles. The third-order valence-electron chi connectivity index (χ3n) is 7.70. The lowest BCUT2D eigenvalue weighted by Gasteiger charge is -2.42. The number of carbonyl (C=O) groups excluding carboxylic acids is 2. The molecule has 3 atom stereocenters. The molecule has 1 aliphatic carbocycles. The third kappa shape index (κ3) is 6.33. The molecular weight excluding hydrogens is 492 g/mol. The van der Waals surface area contributed by atoms with Crippen molar-refractivity contribution in [2.24, 2.45) is 11.7 Å². The van der Waals surface area contributed by atoms with E-state index in [0.29, 0.717) is 0 Å². The maximum atomic E-state index is 13.1. The molecule has 0 radical (unpaired) electrons. The molecule has 9 nitrogen and oxygen atoms in total. The largest absolute Gasteiger partial charge is 0.457 e. The number of ether oxygens (including phenoxy) is 1. The minimum Gasteiger partial charge on any atom is -0.457 e. The zero-order chi connectivity index (χ0) is 27.4. The minimum absolute atomic E-state index is 0.0490. The summed E-state index contributed by atoms with van der Waals surface area (Å²) >= 11 is 0. The summed E-state index contributed by atoms with van der Waals surface area (Å²) in [4.78, 5) is 29.6. The van der Waals surface area contributed by atoms with Crippen LogP contribution in [-0.2, 0) is 9.59 Å². The fraction of sp³-hybridized carbons (Fsp3) is 0.400. The first-order valence-corrected chi connectivity index (χ1v) is 13.6. The van der Waals surface area contributed by atoms with E-state index in [2.05, 4.69) is 27.3 Å². The first-order chi connectivity index (χ1) is 18.9. The van der Waals surface area contributed by atoms with Crippen LogP contribution in [0.3, 0.4) is 0 Å². The number of fused-ring (bicyclic) bond motifs is 1. The average molecular weight is 531 g/mol. The Morgan fingerprint density at radius 3 is 2.46 bits per heavy atom. The summed E-state index contributed by atoms with van der Waals surface area (Å²) in [6.07, 6.45) is 8.72. The van der Waals surface area contributed by atoms with E-state index in [1.54, 1.807) is 6.08 Å². The summed E-state index contributed by atoms with van der Waals surface area (Å²) in [6, 6.07) is 17.6. The van der Waals surface area contributed by atoms with Gasteiger partial charge in [-0.2, -0.15) is 0 Å². The van der Waals surface area contributed by atoms with Crippen LogP contribution in [0.5, 0.6) is 11.5 Å². The predicted octanol–water partition coefficient (Wildman–Crippen LogP) is 2.58. The number of nitrogens with two attached hydrogens (primary N) is 1. The van der Waals surface area contributed by atoms with E-state index < -0.39 is 6.17 Å². The minimum atomic E-state index is -0.409. The Morgan fingerprint density at radius 1 is 1.08 bits per heavy atom. The molecule has 2 aromatic rings. The number of carbonyl (C=O) groups is 2. The van der Waals surface area contributed by atoms with E-state index in [0.717, 1.165) is 54.9 Å². The van der Waals surface area contributed by atoms with Crippen LogP contribution >= 0.6 is 0 Å². The van der Waals surface area contributed by atoms with E-state index in [1.807, 2.05) is 79.7 Å². The van der Waals surface area contributed by atoms with Gasteiger partial charge in [0, 0.05) is 36.8 Å². The third-order valence-corrected chi connectivity index (χ3v) is 7.70. The zero-order valence-electron chi connectivity index (χ0n) is 22.5. The Morgan fingerprint density at radius 2 is 1.77 bits per heavy atom. The molecule has 5 N–H and O–H groups in total. The van der Waals surface area contributed by atoms with Crippen LogP contribution in [0.25, 0.3) is 5.57 Å². The van der Waals surface area contributed by atoms with Crippen molar-refractivity contribution >= 4 is 17.4 Å². The number of nitrogens with one attached hydrogen (secondary N) is 3. The molecule has 5 rings (SSSR count). The first kappa shape index (κ1) is 26.9. The van der Waals surface area contributed by atoms with Gasteiger partial charge in [0.05, 0.1) is 6.17 Å². The molecule has 2 heterocycles. The predicted molar refractivity (Wildman–Crippen MR) is 151 cm³/mol. The quantitative estimate of drug-likeness (QED) is 0.388. The van der Waals surface area contributed by atoms with Gasteiger partial charge in [0.2, 0.25) is 5.91 Å². The summed E-state index contributed by atoms with van der Waals surface area (Å²) in [5, 5.41) is 3.13. The van der Waals surface area contributed by atoms with Gasteiger partial charge < -0.3 is 25.6 Å². The summed E-state index contributed by atoms with van der Waals surface area (Å²) in [6.45, 7) is 0.730. The van der Waals surface area contributed by atoms with Crippen LogP contribution in [0.4, 0.5) is 0 Å². The van der Waals surface area contributed by atoms with Gasteiger partial charge in [-0.3, -0.25) is 15.0 Å². The highest BCUT2D eigenvalue weighted by Crippen LogP contribution is 2.41. The Bertz CT molecular complexity index is 1200. The average Bonchev–Trinajstić information content (AvgIpc) is 3.34. The van der Waals surface area contributed by atoms with E-state index in [1.165, 1.54) is 0 Å². The highest BCUT2D eigenvalue weighted by Gasteiger charge is 2.48. The molecule has 3 aliphatic rings. The SMILES string of the molecule is CN(C)C/C=C/C(=O)NC1CCC(N2C=C(c3ccc(Oc4ccccc4)cc3)C3C(N)NNC(=O)C32)CC1. The number of hydrazine groups is 1. The van der Waals surface area contributed by atoms with E-state index in [4.69, 9.17) is 10.5 Å². The Labute approximate surface area is 230 Å². The van der Waals surface area contributed by atoms with Gasteiger partial charge in [-0.05, 0) is 75.2 Å². The van der Waals surface area contributed by atoms with Crippen molar-refractivity contribution in [2.75, 3.05) is 20.6 Å². The molecule has 1 saturated carbocycles. The second-order valence-corrected chi connectivity index (χ2v) is 10.8. The molecule has 0 aromatic heterocycles. The molecule has 9 heteroatoms. The number of likely N-dealkylation sites (N-methyl/N-ethyl adjacent to an activating group) is 1. The molecular formula is C30H38N6O3. The van der Waals surface area contributed by atoms with E-state index >= 15 is 0 Å². The van der Waals surface area contributed by atoms with Crippen molar-refractivity contribution in [2.45, 2.75) is 50.0 Å². The fourth-order valence-electron chi connectivity index (χ4n) is 5.77. The zero-order valence-corrected chi connectivity index (χ0v) is 22.5. The van der Waals surface area contributed by atoms with Gasteiger partial charge >= 0.3 is 0 Å². The van der Waals surface area contributed by atoms with Gasteiger partial charge in [0.25, 0.3) is 5.91 Å². The van der Waals surface area contributed by atoms with Crippen LogP contribution in [-0.4, -0.2) is 66.5 Å². The Hall–Kier alpha value is -3.66. The number of rotatable bonds is 8. The van der Waals surface area contributed by atoms with Crippen molar-refractivity contribution in [3.8, 4) is 11.5 Å². The topological polar surface area (TPSA) is 112 Å². The van der Waals surface area contributed by atoms with E-state index in [-0.39, 0.29) is 35.9 Å². The van der Waals surface area contributed by atoms with Crippen molar-refractivity contribution in [3.05, 3.63) is 78.5 Å². The molecule has 206 valence electrons. The maximum absolute atomic E-state index is 13.1. The summed E-state index contributed by atoms with van der Waals surface area (Å²) in [7, 11) is 3.94. The van der Waals surface area contributed by atoms with Crippen LogP contribution in [0.2, 0.25) is 0 Å². The number of nitrogens with zero attached hydrogens (tertiary/aromatic N) is 2. The van der Waals surface area contributed by atoms with E-state index in [9.17, 15) is 9.59 Å². The van der Waals surface area contributed by atoms with Gasteiger partial charge in [-0.15, -0.1) is 0 Å². The van der Waals surface area contributed by atoms with Gasteiger partial charge in [0.15, 0.2) is 0 Å². The van der Waals surface area contributed by atoms with Crippen LogP contribution in [0, 0.1) is 5.92 Å². The van der Waals surface area contributed by atoms with Crippen molar-refractivity contribution in [1.29, 1.82) is 0 Å². The lowest BCUT2D eigenvalue weighted by molar-refractivity contribution is -0.131. The summed E-state index contributed by atoms with van der Waals surface area (Å²) in [5.74, 6) is 1.23. The molecule has 39 heavy (non-hydrogen) atoms. The standard InChI is InChI=1S/C30H38N6O3/c1-35(2)18-6-9-26(37)32-21-12-14-22(15-13-21)36-19-25(27-28(36)30(38)34-33-29(27)31)20-10-16-24(17-11-20)39-23-7-4-3-5-8-23/h3-11,16-17,19,21-22,27-29,33H,12-15,18,31H2,1-2H3,(H,32,37)(H,34,38)/b9-6+. The van der Waals surface area contributed by atoms with Crippen molar-refractivity contribution < 1.29 is 14.3 Å². The molecule has 2 amide bonds. The van der Waals surface area contributed by atoms with Crippen LogP contribution in [0.15, 0.2) is 72.9 Å². The van der Waals surface area contributed by atoms with Gasteiger partial charge in [0.1, 0.15) is 17.5 Å². The number of para-hydroxylation sites is 1. The number of hydrogen-bond acceptors (Lipinski definition) is 7. The highest BCUT2D eigenvalue weighted by molar-refractivity contribution is 5.89. The van der Waals surface area contributed by atoms with Gasteiger partial charge in [-0.25, -0.2) is 5.43 Å². The number of benzene rings is 2. The normalized spacial score (nSPS) is 26.8. The monoisotopic (exact) mass is 530 g/mol. The van der Waals surface area contributed by atoms with Crippen molar-refractivity contribution in [1.82, 2.24) is 26.0 Å². The molecule has 2 aliphatic heterocycles. The Balaban J connectivity index is 1.28. The maximum Gasteiger partial charge on any atom is 0.257 e. The Kier molecular flexibility index (Phi) is 8.30. The smallest absolute Gasteiger partial charge is 0.257 e. The lowest BCUT2D eigenvalue weighted by Crippen LogP contribution is -2.67. The number of amides is 2. The molecule has 0 spiro atoms. The lowest BCUT2D eigenvalue weighted by atomic mass is 9.85. The second-order valence-electron chi connectivity index (χ2n) is 10.8. The van der Waals surface area contributed by atoms with Crippen LogP contribution in [0.1, 0.15) is 31.2 Å². The highest BCUT2D eigenvalue weighted by atomic mass is 16.5. The number of hydrogen-bond donors (Lipinski definition) is 4. The van der Waals surface area contributed by atoms with Crippen molar-refractivity contribution in [3.63, 3.8) is 0 Å². The first-order valence-electron chi connectivity index (χ1n) is 13.6. The summed E-state index contributed by atoms with van der Waals surface area (Å²) in [5.41, 5.74) is 14.3. The fourth-order valence-corrected chi connectivity index (χ4v) is 5.77.